The lowest BCUT2D eigenvalue weighted by Gasteiger charge is -2.34. The fourth-order valence-corrected chi connectivity index (χ4v) is 5.50. The molecule has 1 amide bonds. The Kier molecular flexibility index (Phi) is 6.24. The van der Waals surface area contributed by atoms with Crippen molar-refractivity contribution in [3.8, 4) is 6.07 Å². The van der Waals surface area contributed by atoms with Gasteiger partial charge in [-0.15, -0.1) is 0 Å². The third kappa shape index (κ3) is 4.50. The summed E-state index contributed by atoms with van der Waals surface area (Å²) in [4.78, 5) is 14.0. The van der Waals surface area contributed by atoms with Gasteiger partial charge in [-0.3, -0.25) is 4.79 Å². The van der Waals surface area contributed by atoms with E-state index in [2.05, 4.69) is 11.4 Å². The highest BCUT2D eigenvalue weighted by Crippen LogP contribution is 2.22. The molecule has 1 saturated heterocycles. The van der Waals surface area contributed by atoms with Crippen LogP contribution in [0, 0.1) is 11.3 Å². The number of benzene rings is 3. The van der Waals surface area contributed by atoms with E-state index in [1.807, 2.05) is 37.3 Å². The smallest absolute Gasteiger partial charge is 0.282 e. The van der Waals surface area contributed by atoms with Crippen LogP contribution < -0.4 is 10.2 Å². The van der Waals surface area contributed by atoms with Crippen LogP contribution in [0.15, 0.2) is 71.6 Å². The van der Waals surface area contributed by atoms with Gasteiger partial charge in [0.25, 0.3) is 5.91 Å². The summed E-state index contributed by atoms with van der Waals surface area (Å²) in [5.41, 5.74) is 1.06. The van der Waals surface area contributed by atoms with E-state index in [-0.39, 0.29) is 11.9 Å². The van der Waals surface area contributed by atoms with E-state index in [0.717, 1.165) is 15.7 Å². The first kappa shape index (κ1) is 22.0. The number of carbonyl (C=O) groups is 1. The summed E-state index contributed by atoms with van der Waals surface area (Å²) < 4.78 is 27.8. The predicted molar refractivity (Wildman–Crippen MR) is 123 cm³/mol. The van der Waals surface area contributed by atoms with Gasteiger partial charge in [0.2, 0.25) is 10.0 Å². The average Bonchev–Trinajstić information content (AvgIpc) is 2.83. The van der Waals surface area contributed by atoms with Gasteiger partial charge < -0.3 is 10.2 Å². The monoisotopic (exact) mass is 449 g/mol. The molecule has 0 spiro atoms. The van der Waals surface area contributed by atoms with Crippen molar-refractivity contribution in [2.75, 3.05) is 31.5 Å². The summed E-state index contributed by atoms with van der Waals surface area (Å²) in [6.45, 7) is 3.63. The normalized spacial score (nSPS) is 16.4. The van der Waals surface area contributed by atoms with Gasteiger partial charge in [0.05, 0.1) is 42.7 Å². The summed E-state index contributed by atoms with van der Waals surface area (Å²) in [5.74, 6) is -0.152. The molecule has 1 heterocycles. The maximum atomic E-state index is 13.2. The van der Waals surface area contributed by atoms with Crippen molar-refractivity contribution in [1.82, 2.24) is 4.31 Å². The Balaban J connectivity index is 1.40. The molecule has 0 aliphatic carbocycles. The Morgan fingerprint density at radius 1 is 1.03 bits per heavy atom. The maximum Gasteiger partial charge on any atom is 0.282 e. The Bertz CT molecular complexity index is 1290. The van der Waals surface area contributed by atoms with E-state index >= 15 is 0 Å². The molecule has 8 heteroatoms. The topological polar surface area (TPSA) is 94.7 Å². The number of carbonyl (C=O) groups excluding carboxylic acids is 1. The molecule has 4 rings (SSSR count). The highest BCUT2D eigenvalue weighted by Gasteiger charge is 2.34. The molecule has 1 aliphatic rings. The first-order valence-electron chi connectivity index (χ1n) is 10.5. The van der Waals surface area contributed by atoms with Gasteiger partial charge in [0.15, 0.2) is 6.04 Å². The molecular weight excluding hydrogens is 424 g/mol. The molecule has 164 valence electrons. The molecule has 2 N–H and O–H groups in total. The van der Waals surface area contributed by atoms with E-state index in [1.54, 1.807) is 36.4 Å². The van der Waals surface area contributed by atoms with E-state index in [9.17, 15) is 13.2 Å². The molecular formula is C24H25N4O3S+. The third-order valence-corrected chi connectivity index (χ3v) is 7.88. The van der Waals surface area contributed by atoms with Crippen LogP contribution >= 0.6 is 0 Å². The van der Waals surface area contributed by atoms with Crippen molar-refractivity contribution >= 4 is 32.4 Å². The van der Waals surface area contributed by atoms with Crippen molar-refractivity contribution in [3.63, 3.8) is 0 Å². The molecule has 1 fully saturated rings. The van der Waals surface area contributed by atoms with Crippen LogP contribution in [0.3, 0.4) is 0 Å². The van der Waals surface area contributed by atoms with Crippen molar-refractivity contribution in [2.24, 2.45) is 0 Å². The number of hydrogen-bond acceptors (Lipinski definition) is 4. The zero-order valence-corrected chi connectivity index (χ0v) is 18.6. The summed E-state index contributed by atoms with van der Waals surface area (Å²) in [5, 5.41) is 13.8. The summed E-state index contributed by atoms with van der Waals surface area (Å²) in [6.07, 6.45) is 0. The zero-order valence-electron chi connectivity index (χ0n) is 17.8. The second-order valence-corrected chi connectivity index (χ2v) is 9.91. The van der Waals surface area contributed by atoms with Gasteiger partial charge in [0.1, 0.15) is 0 Å². The fraction of sp³-hybridized carbons (Fsp3) is 0.250. The lowest BCUT2D eigenvalue weighted by Crippen LogP contribution is -3.19. The second-order valence-electron chi connectivity index (χ2n) is 7.97. The van der Waals surface area contributed by atoms with Crippen molar-refractivity contribution in [2.45, 2.75) is 17.9 Å². The highest BCUT2D eigenvalue weighted by molar-refractivity contribution is 7.89. The average molecular weight is 450 g/mol. The van der Waals surface area contributed by atoms with Crippen LogP contribution in [0.5, 0.6) is 0 Å². The number of amides is 1. The Hall–Kier alpha value is -3.25. The van der Waals surface area contributed by atoms with Gasteiger partial charge >= 0.3 is 0 Å². The van der Waals surface area contributed by atoms with Crippen molar-refractivity contribution < 1.29 is 18.1 Å². The highest BCUT2D eigenvalue weighted by atomic mass is 32.2. The third-order valence-electron chi connectivity index (χ3n) is 5.99. The Morgan fingerprint density at radius 2 is 1.75 bits per heavy atom. The van der Waals surface area contributed by atoms with Crippen LogP contribution in [0.25, 0.3) is 10.8 Å². The van der Waals surface area contributed by atoms with E-state index in [1.165, 1.54) is 4.31 Å². The van der Waals surface area contributed by atoms with Gasteiger partial charge in [-0.2, -0.15) is 9.57 Å². The lowest BCUT2D eigenvalue weighted by molar-refractivity contribution is -0.917. The number of hydrogen-bond donors (Lipinski definition) is 2. The molecule has 3 aromatic carbocycles. The van der Waals surface area contributed by atoms with Gasteiger partial charge in [0, 0.05) is 5.69 Å². The van der Waals surface area contributed by atoms with Crippen LogP contribution in [0.4, 0.5) is 5.69 Å². The summed E-state index contributed by atoms with van der Waals surface area (Å²) >= 11 is 0. The summed E-state index contributed by atoms with van der Waals surface area (Å²) in [7, 11) is -3.59. The van der Waals surface area contributed by atoms with Crippen molar-refractivity contribution in [1.29, 1.82) is 5.26 Å². The molecule has 0 radical (unpaired) electrons. The molecule has 1 atom stereocenters. The molecule has 0 bridgehead atoms. The minimum absolute atomic E-state index is 0.152. The first-order valence-corrected chi connectivity index (χ1v) is 12.0. The molecule has 0 unspecified atom stereocenters. The number of nitrogens with zero attached hydrogens (tertiary/aromatic N) is 2. The number of quaternary nitrogens is 1. The number of sulfonamides is 1. The van der Waals surface area contributed by atoms with Crippen LogP contribution in [-0.2, 0) is 14.8 Å². The number of nitriles is 1. The van der Waals surface area contributed by atoms with Gasteiger partial charge in [-0.25, -0.2) is 8.42 Å². The largest absolute Gasteiger partial charge is 0.323 e. The van der Waals surface area contributed by atoms with Gasteiger partial charge in [-0.05, 0) is 48.0 Å². The molecule has 0 aromatic heterocycles. The minimum atomic E-state index is -3.59. The quantitative estimate of drug-likeness (QED) is 0.619. The number of nitrogens with one attached hydrogen (secondary N) is 2. The van der Waals surface area contributed by atoms with Crippen molar-refractivity contribution in [3.05, 3.63) is 72.3 Å². The summed E-state index contributed by atoms with van der Waals surface area (Å²) in [6, 6.07) is 21.4. The van der Waals surface area contributed by atoms with E-state index < -0.39 is 10.0 Å². The molecule has 3 aromatic rings. The van der Waals surface area contributed by atoms with E-state index in [0.29, 0.717) is 42.3 Å². The predicted octanol–water partition coefficient (Wildman–Crippen LogP) is 1.63. The number of fused-ring (bicyclic) bond motifs is 1. The van der Waals surface area contributed by atoms with Crippen LogP contribution in [-0.4, -0.2) is 50.9 Å². The molecule has 1 aliphatic heterocycles. The first-order chi connectivity index (χ1) is 15.4. The minimum Gasteiger partial charge on any atom is -0.323 e. The Morgan fingerprint density at radius 3 is 2.47 bits per heavy atom. The zero-order chi connectivity index (χ0) is 22.7. The number of piperazine rings is 1. The standard InChI is InChI=1S/C24H24N4O3S/c1-18(24(29)26-22-8-4-5-19(15-22)17-25)27-11-13-28(14-12-27)32(30,31)23-10-9-20-6-2-3-7-21(20)16-23/h2-10,15-16,18H,11-14H2,1H3,(H,26,29)/p+1/t18-/m1/s1. The van der Waals surface area contributed by atoms with Crippen LogP contribution in [0.2, 0.25) is 0 Å². The molecule has 32 heavy (non-hydrogen) atoms. The molecule has 7 nitrogen and oxygen atoms in total. The Labute approximate surface area is 187 Å². The number of rotatable bonds is 5. The lowest BCUT2D eigenvalue weighted by atomic mass is 10.1. The van der Waals surface area contributed by atoms with E-state index in [4.69, 9.17) is 5.26 Å². The maximum absolute atomic E-state index is 13.2. The van der Waals surface area contributed by atoms with Crippen LogP contribution in [0.1, 0.15) is 12.5 Å². The fourth-order valence-electron chi connectivity index (χ4n) is 4.03. The number of anilines is 1. The second kappa shape index (κ2) is 9.09. The van der Waals surface area contributed by atoms with Gasteiger partial charge in [-0.1, -0.05) is 36.4 Å². The molecule has 0 saturated carbocycles. The SMILES string of the molecule is C[C@H](C(=O)Nc1cccc(C#N)c1)[NH+]1CCN(S(=O)(=O)c2ccc3ccccc3c2)CC1.